The van der Waals surface area contributed by atoms with Gasteiger partial charge in [-0.1, -0.05) is 13.3 Å². The van der Waals surface area contributed by atoms with Gasteiger partial charge in [0.05, 0.1) is 44.6 Å². The number of azo groups is 1. The van der Waals surface area contributed by atoms with Crippen LogP contribution in [0.5, 0.6) is 0 Å². The number of aromatic nitrogens is 2. The summed E-state index contributed by atoms with van der Waals surface area (Å²) in [5, 5.41) is 37.9. The number of carboxylic acids is 1. The standard InChI is InChI=1S/C28H45N7O9S2.3K/c1-19-8-7-9-23(28(37)38)26(19)35-27(21(17-29)18-30-35)33-32-24-11-10-22(16-25(24)31-20(2)36)34(12-3-5-14-45(39,40)41)13-4-6-15-46(42,43)44;;;/h18-19,22-26H,3-16H2,1-2H3,(H,31,36)(H,37,38)(H,39,40,41)(H,42,43,44);;;/q;3*+1/p-3. The van der Waals surface area contributed by atoms with Crippen molar-refractivity contribution in [2.24, 2.45) is 22.1 Å². The molecule has 1 amide bonds. The quantitative estimate of drug-likeness (QED) is 0.0708. The van der Waals surface area contributed by atoms with E-state index in [4.69, 9.17) is 0 Å². The summed E-state index contributed by atoms with van der Waals surface area (Å²) in [5.74, 6) is -3.21. The van der Waals surface area contributed by atoms with Crippen LogP contribution in [0.1, 0.15) is 89.7 Å². The Morgan fingerprint density at radius 2 is 1.61 bits per heavy atom. The molecule has 1 N–H and O–H groups in total. The number of hydrogen-bond acceptors (Lipinski definition) is 14. The van der Waals surface area contributed by atoms with Gasteiger partial charge in [0, 0.05) is 36.4 Å². The van der Waals surface area contributed by atoms with Crippen molar-refractivity contribution < 1.29 is 195 Å². The Labute approximate surface area is 416 Å². The number of carbonyl (C=O) groups is 2. The van der Waals surface area contributed by atoms with Crippen molar-refractivity contribution in [3.63, 3.8) is 0 Å². The number of amides is 1. The Kier molecular flexibility index (Phi) is 25.4. The van der Waals surface area contributed by atoms with Crippen LogP contribution >= 0.6 is 0 Å². The van der Waals surface area contributed by atoms with E-state index in [9.17, 15) is 45.9 Å². The number of nitriles is 1. The zero-order chi connectivity index (χ0) is 34.1. The zero-order valence-corrected chi connectivity index (χ0v) is 40.1. The van der Waals surface area contributed by atoms with Crippen LogP contribution in [0.25, 0.3) is 0 Å². The second kappa shape index (κ2) is 24.4. The minimum Gasteiger partial charge on any atom is -0.748 e. The second-order valence-corrected chi connectivity index (χ2v) is 15.3. The molecule has 2 fully saturated rings. The maximum absolute atomic E-state index is 12.2. The van der Waals surface area contributed by atoms with Gasteiger partial charge in [0.1, 0.15) is 11.6 Å². The van der Waals surface area contributed by atoms with Crippen molar-refractivity contribution in [2.75, 3.05) is 24.6 Å². The van der Waals surface area contributed by atoms with Crippen LogP contribution in [0.3, 0.4) is 0 Å². The van der Waals surface area contributed by atoms with Crippen molar-refractivity contribution >= 4 is 37.9 Å². The first kappa shape index (κ1) is 50.9. The van der Waals surface area contributed by atoms with Crippen LogP contribution in [-0.2, 0) is 29.8 Å². The third-order valence-electron chi connectivity index (χ3n) is 8.82. The van der Waals surface area contributed by atoms with E-state index in [-0.39, 0.29) is 196 Å². The van der Waals surface area contributed by atoms with E-state index in [1.165, 1.54) is 17.8 Å². The summed E-state index contributed by atoms with van der Waals surface area (Å²) in [7, 11) is -8.73. The van der Waals surface area contributed by atoms with Crippen molar-refractivity contribution in [3.05, 3.63) is 11.8 Å². The smallest absolute Gasteiger partial charge is 0.748 e. The van der Waals surface area contributed by atoms with Crippen molar-refractivity contribution in [1.29, 1.82) is 5.26 Å². The largest absolute Gasteiger partial charge is 1.00 e. The van der Waals surface area contributed by atoms with Crippen LogP contribution in [0.15, 0.2) is 16.4 Å². The second-order valence-electron chi connectivity index (χ2n) is 12.3. The molecule has 1 heterocycles. The molecule has 49 heavy (non-hydrogen) atoms. The average Bonchev–Trinajstić information content (AvgIpc) is 3.36. The van der Waals surface area contributed by atoms with Gasteiger partial charge in [0.15, 0.2) is 5.82 Å². The summed E-state index contributed by atoms with van der Waals surface area (Å²) in [4.78, 5) is 26.2. The predicted molar refractivity (Wildman–Crippen MR) is 160 cm³/mol. The maximum Gasteiger partial charge on any atom is 1.00 e. The normalized spacial score (nSPS) is 24.2. The molecule has 0 radical (unpaired) electrons. The third-order valence-corrected chi connectivity index (χ3v) is 10.4. The average molecular weight is 802 g/mol. The van der Waals surface area contributed by atoms with Gasteiger partial charge in [-0.3, -0.25) is 4.79 Å². The monoisotopic (exact) mass is 801 g/mol. The molecule has 1 aromatic heterocycles. The van der Waals surface area contributed by atoms with Crippen LogP contribution in [0, 0.1) is 23.2 Å². The fourth-order valence-electron chi connectivity index (χ4n) is 6.63. The summed E-state index contributed by atoms with van der Waals surface area (Å²) < 4.78 is 67.8. The molecule has 6 atom stereocenters. The van der Waals surface area contributed by atoms with Gasteiger partial charge in [0.2, 0.25) is 5.91 Å². The van der Waals surface area contributed by atoms with E-state index in [2.05, 4.69) is 25.5 Å². The fraction of sp³-hybridized carbons (Fsp3) is 0.786. The fourth-order valence-corrected chi connectivity index (χ4v) is 7.75. The van der Waals surface area contributed by atoms with E-state index < -0.39 is 61.8 Å². The predicted octanol–water partition coefficient (Wildman–Crippen LogP) is -8.04. The van der Waals surface area contributed by atoms with Crippen LogP contribution in [-0.4, -0.2) is 95.2 Å². The van der Waals surface area contributed by atoms with Crippen molar-refractivity contribution in [2.45, 2.75) is 102 Å². The van der Waals surface area contributed by atoms with Gasteiger partial charge < -0.3 is 29.2 Å². The number of nitrogens with one attached hydrogen (secondary N) is 1. The number of nitrogens with zero attached hydrogens (tertiary/aromatic N) is 6. The molecule has 0 saturated heterocycles. The molecule has 21 heteroatoms. The maximum atomic E-state index is 12.2. The Morgan fingerprint density at radius 3 is 2.12 bits per heavy atom. The van der Waals surface area contributed by atoms with E-state index >= 15 is 0 Å². The molecule has 0 aliphatic heterocycles. The van der Waals surface area contributed by atoms with Gasteiger partial charge in [-0.05, 0) is 76.8 Å². The van der Waals surface area contributed by atoms with Crippen LogP contribution in [0.2, 0.25) is 0 Å². The van der Waals surface area contributed by atoms with E-state index in [1.54, 1.807) is 0 Å². The molecule has 6 unspecified atom stereocenters. The molecule has 0 aromatic carbocycles. The minimum absolute atomic E-state index is 0. The Morgan fingerprint density at radius 1 is 1.02 bits per heavy atom. The summed E-state index contributed by atoms with van der Waals surface area (Å²) in [6, 6.07) is 0.398. The number of carboxylic acid groups (broad SMARTS) is 1. The molecule has 16 nitrogen and oxygen atoms in total. The summed E-state index contributed by atoms with van der Waals surface area (Å²) >= 11 is 0. The number of carbonyl (C=O) groups excluding carboxylic acids is 2. The van der Waals surface area contributed by atoms with E-state index in [1.807, 2.05) is 13.0 Å². The molecule has 0 bridgehead atoms. The Balaban J connectivity index is 0.00000768. The van der Waals surface area contributed by atoms with Gasteiger partial charge in [0.25, 0.3) is 0 Å². The van der Waals surface area contributed by atoms with Gasteiger partial charge in [-0.25, -0.2) is 21.5 Å². The van der Waals surface area contributed by atoms with Gasteiger partial charge in [-0.2, -0.15) is 15.5 Å². The molecule has 258 valence electrons. The van der Waals surface area contributed by atoms with Crippen LogP contribution < -0.4 is 165 Å². The summed E-state index contributed by atoms with van der Waals surface area (Å²) in [6.07, 6.45) is 5.86. The van der Waals surface area contributed by atoms with Crippen LogP contribution in [0.4, 0.5) is 5.82 Å². The number of unbranched alkanes of at least 4 members (excludes halogenated alkanes) is 2. The van der Waals surface area contributed by atoms with Crippen molar-refractivity contribution in [1.82, 2.24) is 20.0 Å². The molecule has 2 aliphatic carbocycles. The first-order valence-electron chi connectivity index (χ1n) is 15.6. The Hall–Kier alpha value is 1.93. The number of hydrogen-bond donors (Lipinski definition) is 1. The number of aliphatic carboxylic acids is 1. The SMILES string of the molecule is CC(=O)NC1CC(N(CCCCS(=O)(=O)[O-])CCCCS(=O)(=O)[O-])CCC1N=Nc1c(C#N)cnn1C1C(C)CCCC1C(=O)[O-].[K+].[K+].[K+]. The van der Waals surface area contributed by atoms with E-state index in [0.29, 0.717) is 51.6 Å². The molecule has 0 spiro atoms. The first-order valence-corrected chi connectivity index (χ1v) is 18.7. The molecule has 2 aliphatic rings. The summed E-state index contributed by atoms with van der Waals surface area (Å²) in [6.45, 7) is 4.14. The van der Waals surface area contributed by atoms with Gasteiger partial charge in [-0.15, -0.1) is 5.11 Å². The molecular formula is C28H42K3N7O9S2. The summed E-state index contributed by atoms with van der Waals surface area (Å²) in [5.41, 5.74) is 0.134. The molecule has 1 aromatic rings. The Bertz CT molecular complexity index is 1470. The van der Waals surface area contributed by atoms with E-state index in [0.717, 1.165) is 12.8 Å². The first-order chi connectivity index (χ1) is 21.6. The zero-order valence-electron chi connectivity index (χ0n) is 29.1. The topological polar surface area (TPSA) is 253 Å². The van der Waals surface area contributed by atoms with Crippen molar-refractivity contribution in [3.8, 4) is 6.07 Å². The molecular weight excluding hydrogens is 760 g/mol. The molecule has 3 rings (SSSR count). The van der Waals surface area contributed by atoms with Gasteiger partial charge >= 0.3 is 154 Å². The molecule has 2 saturated carbocycles. The third kappa shape index (κ3) is 17.5. The minimum atomic E-state index is -4.36. The number of rotatable bonds is 16.